The number of aromatic nitrogens is 2. The Hall–Kier alpha value is -1.16. The van der Waals surface area contributed by atoms with E-state index in [9.17, 15) is 5.11 Å². The molecule has 1 saturated carbocycles. The van der Waals surface area contributed by atoms with Gasteiger partial charge in [-0.1, -0.05) is 12.8 Å². The first-order valence-corrected chi connectivity index (χ1v) is 5.95. The number of hydrogen-bond donors (Lipinski definition) is 2. The summed E-state index contributed by atoms with van der Waals surface area (Å²) in [5, 5.41) is 12.7. The van der Waals surface area contributed by atoms with Crippen LogP contribution < -0.4 is 5.32 Å². The second kappa shape index (κ2) is 5.25. The van der Waals surface area contributed by atoms with Crippen molar-refractivity contribution in [1.29, 1.82) is 0 Å². The molecule has 1 aliphatic rings. The lowest BCUT2D eigenvalue weighted by atomic mass is 9.85. The number of aryl methyl sites for hydroxylation is 1. The topological polar surface area (TPSA) is 58.0 Å². The van der Waals surface area contributed by atoms with Crippen LogP contribution in [0.3, 0.4) is 0 Å². The fourth-order valence-electron chi connectivity index (χ4n) is 2.34. The first kappa shape index (κ1) is 11.3. The first-order chi connectivity index (χ1) is 7.79. The Kier molecular flexibility index (Phi) is 3.72. The number of hydrogen-bond acceptors (Lipinski definition) is 4. The fraction of sp³-hybridized carbons (Fsp3) is 0.667. The normalized spacial score (nSPS) is 25.4. The average Bonchev–Trinajstić information content (AvgIpc) is 2.30. The van der Waals surface area contributed by atoms with Gasteiger partial charge in [-0.2, -0.15) is 0 Å². The molecule has 0 aliphatic heterocycles. The Morgan fingerprint density at radius 2 is 2.19 bits per heavy atom. The smallest absolute Gasteiger partial charge is 0.129 e. The number of nitrogens with zero attached hydrogens (tertiary/aromatic N) is 2. The summed E-state index contributed by atoms with van der Waals surface area (Å²) in [5.41, 5.74) is 0.967. The second-order valence-corrected chi connectivity index (χ2v) is 4.52. The summed E-state index contributed by atoms with van der Waals surface area (Å²) in [5.74, 6) is 1.24. The van der Waals surface area contributed by atoms with Crippen molar-refractivity contribution >= 4 is 5.82 Å². The van der Waals surface area contributed by atoms with E-state index < -0.39 is 0 Å². The molecule has 2 N–H and O–H groups in total. The van der Waals surface area contributed by atoms with Crippen molar-refractivity contribution in [2.75, 3.05) is 11.9 Å². The van der Waals surface area contributed by atoms with Gasteiger partial charge in [0, 0.05) is 30.3 Å². The number of aliphatic hydroxyl groups is 1. The van der Waals surface area contributed by atoms with Gasteiger partial charge in [0.2, 0.25) is 0 Å². The molecular formula is C12H19N3O. The molecule has 2 atom stereocenters. The van der Waals surface area contributed by atoms with Crippen molar-refractivity contribution in [3.63, 3.8) is 0 Å². The predicted octanol–water partition coefficient (Wildman–Crippen LogP) is 1.75. The van der Waals surface area contributed by atoms with Gasteiger partial charge in [0.15, 0.2) is 0 Å². The minimum absolute atomic E-state index is 0.266. The van der Waals surface area contributed by atoms with E-state index in [4.69, 9.17) is 0 Å². The van der Waals surface area contributed by atoms with Crippen molar-refractivity contribution in [1.82, 2.24) is 9.97 Å². The molecule has 0 aromatic carbocycles. The van der Waals surface area contributed by atoms with Crippen LogP contribution in [0.1, 0.15) is 31.4 Å². The molecule has 88 valence electrons. The van der Waals surface area contributed by atoms with Crippen LogP contribution in [-0.4, -0.2) is 27.7 Å². The van der Waals surface area contributed by atoms with E-state index >= 15 is 0 Å². The summed E-state index contributed by atoms with van der Waals surface area (Å²) in [6.07, 6.45) is 6.27. The zero-order valence-corrected chi connectivity index (χ0v) is 9.69. The Labute approximate surface area is 96.1 Å². The summed E-state index contributed by atoms with van der Waals surface area (Å²) in [4.78, 5) is 8.27. The highest BCUT2D eigenvalue weighted by molar-refractivity contribution is 5.36. The molecule has 1 fully saturated rings. The van der Waals surface area contributed by atoms with E-state index in [1.165, 1.54) is 12.8 Å². The zero-order chi connectivity index (χ0) is 11.4. The van der Waals surface area contributed by atoms with Gasteiger partial charge in [-0.15, -0.1) is 0 Å². The molecule has 1 aliphatic carbocycles. The standard InChI is InChI=1S/C12H19N3O/c1-9-6-12(14-8-13-9)15-11-5-3-2-4-10(11)7-16/h6,8,10-11,16H,2-5,7H2,1H3,(H,13,14,15). The quantitative estimate of drug-likeness (QED) is 0.816. The van der Waals surface area contributed by atoms with E-state index in [-0.39, 0.29) is 6.61 Å². The van der Waals surface area contributed by atoms with Gasteiger partial charge in [-0.05, 0) is 19.8 Å². The molecule has 2 unspecified atom stereocenters. The molecule has 2 rings (SSSR count). The number of nitrogens with one attached hydrogen (secondary N) is 1. The monoisotopic (exact) mass is 221 g/mol. The molecule has 4 nitrogen and oxygen atoms in total. The molecule has 0 saturated heterocycles. The molecule has 1 aromatic rings. The summed E-state index contributed by atoms with van der Waals surface area (Å²) >= 11 is 0. The molecule has 0 radical (unpaired) electrons. The summed E-state index contributed by atoms with van der Waals surface area (Å²) in [6, 6.07) is 2.30. The van der Waals surface area contributed by atoms with E-state index in [1.807, 2.05) is 13.0 Å². The first-order valence-electron chi connectivity index (χ1n) is 5.95. The van der Waals surface area contributed by atoms with Gasteiger partial charge >= 0.3 is 0 Å². The highest BCUT2D eigenvalue weighted by Crippen LogP contribution is 2.26. The minimum atomic E-state index is 0.266. The van der Waals surface area contributed by atoms with Crippen LogP contribution in [0.4, 0.5) is 5.82 Å². The van der Waals surface area contributed by atoms with Gasteiger partial charge in [-0.3, -0.25) is 0 Å². The van der Waals surface area contributed by atoms with Gasteiger partial charge in [0.1, 0.15) is 12.1 Å². The summed E-state index contributed by atoms with van der Waals surface area (Å²) < 4.78 is 0. The predicted molar refractivity (Wildman–Crippen MR) is 63.2 cm³/mol. The van der Waals surface area contributed by atoms with E-state index in [2.05, 4.69) is 15.3 Å². The molecule has 0 spiro atoms. The lowest BCUT2D eigenvalue weighted by molar-refractivity contribution is 0.178. The van der Waals surface area contributed by atoms with Crippen LogP contribution in [0.5, 0.6) is 0 Å². The molecular weight excluding hydrogens is 202 g/mol. The molecule has 0 amide bonds. The van der Waals surface area contributed by atoms with Crippen molar-refractivity contribution < 1.29 is 5.11 Å². The lowest BCUT2D eigenvalue weighted by Gasteiger charge is -2.31. The third-order valence-electron chi connectivity index (χ3n) is 3.28. The highest BCUT2D eigenvalue weighted by atomic mass is 16.3. The Balaban J connectivity index is 2.02. The number of anilines is 1. The summed E-state index contributed by atoms with van der Waals surface area (Å²) in [7, 11) is 0. The third kappa shape index (κ3) is 2.70. The molecule has 4 heteroatoms. The Morgan fingerprint density at radius 1 is 1.38 bits per heavy atom. The van der Waals surface area contributed by atoms with Crippen molar-refractivity contribution in [2.24, 2.45) is 5.92 Å². The van der Waals surface area contributed by atoms with Crippen LogP contribution in [-0.2, 0) is 0 Å². The average molecular weight is 221 g/mol. The van der Waals surface area contributed by atoms with Gasteiger partial charge in [0.25, 0.3) is 0 Å². The molecule has 0 bridgehead atoms. The summed E-state index contributed by atoms with van der Waals surface area (Å²) in [6.45, 7) is 2.22. The fourth-order valence-corrected chi connectivity index (χ4v) is 2.34. The van der Waals surface area contributed by atoms with E-state index in [0.29, 0.717) is 12.0 Å². The number of rotatable bonds is 3. The largest absolute Gasteiger partial charge is 0.396 e. The minimum Gasteiger partial charge on any atom is -0.396 e. The third-order valence-corrected chi connectivity index (χ3v) is 3.28. The van der Waals surface area contributed by atoms with Crippen molar-refractivity contribution in [3.8, 4) is 0 Å². The zero-order valence-electron chi connectivity index (χ0n) is 9.69. The second-order valence-electron chi connectivity index (χ2n) is 4.52. The SMILES string of the molecule is Cc1cc(NC2CCCCC2CO)ncn1. The van der Waals surface area contributed by atoms with Gasteiger partial charge in [0.05, 0.1) is 0 Å². The Bertz CT molecular complexity index is 343. The number of aliphatic hydroxyl groups excluding tert-OH is 1. The Morgan fingerprint density at radius 3 is 2.94 bits per heavy atom. The van der Waals surface area contributed by atoms with Gasteiger partial charge < -0.3 is 10.4 Å². The highest BCUT2D eigenvalue weighted by Gasteiger charge is 2.24. The van der Waals surface area contributed by atoms with Crippen LogP contribution in [0, 0.1) is 12.8 Å². The van der Waals surface area contributed by atoms with Gasteiger partial charge in [-0.25, -0.2) is 9.97 Å². The molecule has 1 aromatic heterocycles. The maximum atomic E-state index is 9.32. The van der Waals surface area contributed by atoms with Crippen LogP contribution in [0.15, 0.2) is 12.4 Å². The van der Waals surface area contributed by atoms with Crippen LogP contribution in [0.25, 0.3) is 0 Å². The molecule has 16 heavy (non-hydrogen) atoms. The maximum absolute atomic E-state index is 9.32. The van der Waals surface area contributed by atoms with Crippen molar-refractivity contribution in [2.45, 2.75) is 38.6 Å². The van der Waals surface area contributed by atoms with Crippen LogP contribution in [0.2, 0.25) is 0 Å². The van der Waals surface area contributed by atoms with Crippen LogP contribution >= 0.6 is 0 Å². The van der Waals surface area contributed by atoms with E-state index in [0.717, 1.165) is 24.4 Å². The molecule has 1 heterocycles. The maximum Gasteiger partial charge on any atom is 0.129 e. The van der Waals surface area contributed by atoms with E-state index in [1.54, 1.807) is 6.33 Å². The van der Waals surface area contributed by atoms with Crippen molar-refractivity contribution in [3.05, 3.63) is 18.1 Å². The lowest BCUT2D eigenvalue weighted by Crippen LogP contribution is -2.34.